The minimum atomic E-state index is -3.63. The van der Waals surface area contributed by atoms with E-state index < -0.39 is 10.0 Å². The molecule has 3 rings (SSSR count). The maximum absolute atomic E-state index is 12.8. The first-order valence-electron chi connectivity index (χ1n) is 8.95. The summed E-state index contributed by atoms with van der Waals surface area (Å²) in [5, 5.41) is 2.80. The summed E-state index contributed by atoms with van der Waals surface area (Å²) in [6, 6.07) is 21.1. The van der Waals surface area contributed by atoms with Gasteiger partial charge in [0.05, 0.1) is 4.90 Å². The average molecular weight is 520 g/mol. The summed E-state index contributed by atoms with van der Waals surface area (Å²) in [6.07, 6.45) is 0. The highest BCUT2D eigenvalue weighted by Gasteiger charge is 2.21. The number of carbonyl (C=O) groups is 1. The van der Waals surface area contributed by atoms with Crippen molar-refractivity contribution in [2.45, 2.75) is 18.4 Å². The van der Waals surface area contributed by atoms with Crippen LogP contribution in [0.1, 0.15) is 21.5 Å². The van der Waals surface area contributed by atoms with E-state index in [1.807, 2.05) is 49.4 Å². The Balaban J connectivity index is 1.71. The second-order valence-electron chi connectivity index (χ2n) is 6.69. The molecule has 3 aromatic carbocycles. The molecular formula is C22H21IN2O3S. The Hall–Kier alpha value is -2.23. The number of amides is 1. The van der Waals surface area contributed by atoms with Crippen LogP contribution in [0.5, 0.6) is 0 Å². The van der Waals surface area contributed by atoms with Crippen LogP contribution in [0.4, 0.5) is 5.69 Å². The normalized spacial score (nSPS) is 11.4. The van der Waals surface area contributed by atoms with Gasteiger partial charge < -0.3 is 5.32 Å². The second-order valence-corrected chi connectivity index (χ2v) is 9.90. The molecule has 3 aromatic rings. The predicted octanol–water partition coefficient (Wildman–Crippen LogP) is 4.67. The van der Waals surface area contributed by atoms with E-state index in [9.17, 15) is 13.2 Å². The summed E-state index contributed by atoms with van der Waals surface area (Å²) in [5.74, 6) is -0.236. The van der Waals surface area contributed by atoms with Gasteiger partial charge in [0.25, 0.3) is 5.91 Å². The first kappa shape index (κ1) is 21.5. The van der Waals surface area contributed by atoms with Crippen LogP contribution in [-0.2, 0) is 16.6 Å². The fourth-order valence-electron chi connectivity index (χ4n) is 2.75. The van der Waals surface area contributed by atoms with Crippen LogP contribution < -0.4 is 5.32 Å². The smallest absolute Gasteiger partial charge is 0.255 e. The van der Waals surface area contributed by atoms with E-state index in [-0.39, 0.29) is 17.3 Å². The molecule has 29 heavy (non-hydrogen) atoms. The maximum atomic E-state index is 12.8. The van der Waals surface area contributed by atoms with Gasteiger partial charge in [-0.25, -0.2) is 8.42 Å². The molecule has 0 aromatic heterocycles. The summed E-state index contributed by atoms with van der Waals surface area (Å²) >= 11 is 2.19. The van der Waals surface area contributed by atoms with Crippen molar-refractivity contribution in [2.24, 2.45) is 0 Å². The summed E-state index contributed by atoms with van der Waals surface area (Å²) in [5.41, 5.74) is 3.11. The number of hydrogen-bond acceptors (Lipinski definition) is 3. The lowest BCUT2D eigenvalue weighted by Crippen LogP contribution is -2.26. The van der Waals surface area contributed by atoms with E-state index in [1.54, 1.807) is 25.2 Å². The summed E-state index contributed by atoms with van der Waals surface area (Å²) in [6.45, 7) is 2.27. The van der Waals surface area contributed by atoms with Gasteiger partial charge in [-0.15, -0.1) is 0 Å². The highest BCUT2D eigenvalue weighted by Crippen LogP contribution is 2.20. The summed E-state index contributed by atoms with van der Waals surface area (Å²) in [4.78, 5) is 12.6. The van der Waals surface area contributed by atoms with Crippen LogP contribution >= 0.6 is 22.6 Å². The Kier molecular flexibility index (Phi) is 6.71. The third kappa shape index (κ3) is 5.23. The number of anilines is 1. The number of nitrogens with one attached hydrogen (secondary N) is 1. The molecule has 0 fully saturated rings. The molecule has 0 aliphatic rings. The number of rotatable bonds is 6. The molecule has 0 aliphatic carbocycles. The van der Waals surface area contributed by atoms with Crippen LogP contribution in [0.15, 0.2) is 77.7 Å². The van der Waals surface area contributed by atoms with Crippen molar-refractivity contribution >= 4 is 44.2 Å². The highest BCUT2D eigenvalue weighted by molar-refractivity contribution is 14.1. The summed E-state index contributed by atoms with van der Waals surface area (Å²) < 4.78 is 27.9. The molecule has 0 saturated heterocycles. The van der Waals surface area contributed by atoms with E-state index in [1.165, 1.54) is 16.4 Å². The number of carbonyl (C=O) groups excluding carboxylic acids is 1. The lowest BCUT2D eigenvalue weighted by atomic mass is 10.1. The van der Waals surface area contributed by atoms with Crippen LogP contribution in [0, 0.1) is 10.5 Å². The van der Waals surface area contributed by atoms with E-state index >= 15 is 0 Å². The third-order valence-corrected chi connectivity index (χ3v) is 7.48. The number of aryl methyl sites for hydroxylation is 1. The Morgan fingerprint density at radius 1 is 1.00 bits per heavy atom. The Labute approximate surface area is 184 Å². The number of hydrogen-bond donors (Lipinski definition) is 1. The monoisotopic (exact) mass is 520 g/mol. The molecule has 0 bridgehead atoms. The lowest BCUT2D eigenvalue weighted by molar-refractivity contribution is 0.102. The van der Waals surface area contributed by atoms with E-state index in [4.69, 9.17) is 0 Å². The van der Waals surface area contributed by atoms with Gasteiger partial charge in [0.15, 0.2) is 0 Å². The lowest BCUT2D eigenvalue weighted by Gasteiger charge is -2.17. The average Bonchev–Trinajstić information content (AvgIpc) is 2.71. The van der Waals surface area contributed by atoms with E-state index in [0.717, 1.165) is 14.7 Å². The Morgan fingerprint density at radius 2 is 1.66 bits per heavy atom. The molecule has 1 N–H and O–H groups in total. The van der Waals surface area contributed by atoms with Crippen molar-refractivity contribution in [3.8, 4) is 0 Å². The van der Waals surface area contributed by atoms with Gasteiger partial charge in [-0.1, -0.05) is 36.4 Å². The Morgan fingerprint density at radius 3 is 2.28 bits per heavy atom. The molecule has 7 heteroatoms. The van der Waals surface area contributed by atoms with E-state index in [2.05, 4.69) is 27.9 Å². The van der Waals surface area contributed by atoms with Gasteiger partial charge in [0.1, 0.15) is 0 Å². The Bertz CT molecular complexity index is 1110. The third-order valence-electron chi connectivity index (χ3n) is 4.50. The fourth-order valence-corrected chi connectivity index (χ4v) is 4.43. The van der Waals surface area contributed by atoms with Gasteiger partial charge in [-0.2, -0.15) is 4.31 Å². The zero-order valence-corrected chi connectivity index (χ0v) is 19.1. The predicted molar refractivity (Wildman–Crippen MR) is 123 cm³/mol. The molecule has 5 nitrogen and oxygen atoms in total. The number of sulfonamides is 1. The summed E-state index contributed by atoms with van der Waals surface area (Å²) in [7, 11) is -2.07. The van der Waals surface area contributed by atoms with Gasteiger partial charge in [0.2, 0.25) is 10.0 Å². The van der Waals surface area contributed by atoms with Crippen molar-refractivity contribution in [2.75, 3.05) is 12.4 Å². The second kappa shape index (κ2) is 9.06. The molecule has 0 spiro atoms. The SMILES string of the molecule is Cc1ccc(C(=O)Nc2ccc(S(=O)(=O)N(C)Cc3ccccc3)cc2)cc1I. The quantitative estimate of drug-likeness (QED) is 0.481. The van der Waals surface area contributed by atoms with Crippen LogP contribution in [-0.4, -0.2) is 25.7 Å². The molecule has 0 heterocycles. The topological polar surface area (TPSA) is 66.5 Å². The first-order chi connectivity index (χ1) is 13.8. The molecule has 150 valence electrons. The van der Waals surface area contributed by atoms with Crippen molar-refractivity contribution < 1.29 is 13.2 Å². The van der Waals surface area contributed by atoms with Crippen molar-refractivity contribution in [3.05, 3.63) is 93.1 Å². The zero-order valence-electron chi connectivity index (χ0n) is 16.1. The van der Waals surface area contributed by atoms with E-state index in [0.29, 0.717) is 11.3 Å². The van der Waals surface area contributed by atoms with Gasteiger partial charge in [0, 0.05) is 28.4 Å². The van der Waals surface area contributed by atoms with Crippen LogP contribution in [0.2, 0.25) is 0 Å². The van der Waals surface area contributed by atoms with Gasteiger partial charge >= 0.3 is 0 Å². The number of nitrogens with zero attached hydrogens (tertiary/aromatic N) is 1. The highest BCUT2D eigenvalue weighted by atomic mass is 127. The molecule has 1 amide bonds. The van der Waals surface area contributed by atoms with Gasteiger partial charge in [-0.3, -0.25) is 4.79 Å². The van der Waals surface area contributed by atoms with Crippen molar-refractivity contribution in [1.82, 2.24) is 4.31 Å². The molecule has 0 unspecified atom stereocenters. The standard InChI is InChI=1S/C22H21IN2O3S/c1-16-8-9-18(14-21(16)23)22(26)24-19-10-12-20(13-11-19)29(27,28)25(2)15-17-6-4-3-5-7-17/h3-14H,15H2,1-2H3,(H,24,26). The number of halogens is 1. The minimum Gasteiger partial charge on any atom is -0.322 e. The van der Waals surface area contributed by atoms with Crippen molar-refractivity contribution in [3.63, 3.8) is 0 Å². The minimum absolute atomic E-state index is 0.179. The maximum Gasteiger partial charge on any atom is 0.255 e. The number of benzene rings is 3. The van der Waals surface area contributed by atoms with Gasteiger partial charge in [-0.05, 0) is 77.0 Å². The first-order valence-corrected chi connectivity index (χ1v) is 11.5. The van der Waals surface area contributed by atoms with Crippen LogP contribution in [0.25, 0.3) is 0 Å². The fraction of sp³-hybridized carbons (Fsp3) is 0.136. The van der Waals surface area contributed by atoms with Crippen molar-refractivity contribution in [1.29, 1.82) is 0 Å². The zero-order chi connectivity index (χ0) is 21.0. The molecular weight excluding hydrogens is 499 g/mol. The van der Waals surface area contributed by atoms with Crippen LogP contribution in [0.3, 0.4) is 0 Å². The molecule has 0 atom stereocenters. The molecule has 0 radical (unpaired) electrons. The molecule has 0 aliphatic heterocycles. The molecule has 0 saturated carbocycles. The largest absolute Gasteiger partial charge is 0.322 e.